The molecule has 1 N–H and O–H groups in total. The first kappa shape index (κ1) is 11.9. The van der Waals surface area contributed by atoms with E-state index in [4.69, 9.17) is 11.6 Å². The van der Waals surface area contributed by atoms with Crippen molar-refractivity contribution in [3.63, 3.8) is 0 Å². The first-order chi connectivity index (χ1) is 7.66. The van der Waals surface area contributed by atoms with E-state index < -0.39 is 0 Å². The summed E-state index contributed by atoms with van der Waals surface area (Å²) in [5.74, 6) is 0.547. The molecule has 1 aromatic carbocycles. The van der Waals surface area contributed by atoms with Crippen LogP contribution in [0.3, 0.4) is 0 Å². The van der Waals surface area contributed by atoms with Crippen molar-refractivity contribution in [1.82, 2.24) is 5.32 Å². The van der Waals surface area contributed by atoms with Crippen molar-refractivity contribution < 1.29 is 4.79 Å². The molecule has 1 aromatic rings. The average molecular weight is 303 g/mol. The number of carbonyl (C=O) groups is 1. The maximum atomic E-state index is 11.7. The van der Waals surface area contributed by atoms with Crippen LogP contribution in [-0.4, -0.2) is 17.8 Å². The van der Waals surface area contributed by atoms with Crippen LogP contribution >= 0.6 is 27.5 Å². The van der Waals surface area contributed by atoms with Gasteiger partial charge in [0.25, 0.3) is 5.91 Å². The number of alkyl halides is 1. The minimum absolute atomic E-state index is 0.0567. The van der Waals surface area contributed by atoms with Crippen LogP contribution in [-0.2, 0) is 0 Å². The van der Waals surface area contributed by atoms with Gasteiger partial charge in [-0.05, 0) is 43.0 Å². The topological polar surface area (TPSA) is 29.1 Å². The molecule has 1 aliphatic carbocycles. The Hall–Kier alpha value is -0.540. The molecule has 1 amide bonds. The quantitative estimate of drug-likeness (QED) is 0.850. The number of carbonyl (C=O) groups excluding carboxylic acids is 1. The van der Waals surface area contributed by atoms with Crippen molar-refractivity contribution in [2.45, 2.75) is 18.2 Å². The van der Waals surface area contributed by atoms with Crippen molar-refractivity contribution >= 4 is 33.4 Å². The third kappa shape index (κ3) is 3.22. The van der Waals surface area contributed by atoms with E-state index in [0.717, 1.165) is 4.47 Å². The second kappa shape index (κ2) is 5.19. The van der Waals surface area contributed by atoms with Crippen LogP contribution in [0.15, 0.2) is 28.7 Å². The zero-order chi connectivity index (χ0) is 11.5. The van der Waals surface area contributed by atoms with E-state index in [1.54, 1.807) is 12.1 Å². The van der Waals surface area contributed by atoms with Gasteiger partial charge in [0.15, 0.2) is 0 Å². The van der Waals surface area contributed by atoms with Gasteiger partial charge in [0.1, 0.15) is 0 Å². The summed E-state index contributed by atoms with van der Waals surface area (Å²) in [6.45, 7) is 0.557. The molecule has 4 heteroatoms. The molecular weight excluding hydrogens is 289 g/mol. The third-order valence-electron chi connectivity index (χ3n) is 2.70. The van der Waals surface area contributed by atoms with Crippen LogP contribution < -0.4 is 5.32 Å². The Morgan fingerprint density at radius 2 is 2.06 bits per heavy atom. The molecule has 0 aliphatic heterocycles. The van der Waals surface area contributed by atoms with Crippen LogP contribution in [0, 0.1) is 5.92 Å². The van der Waals surface area contributed by atoms with E-state index in [1.165, 1.54) is 12.8 Å². The molecule has 2 rings (SSSR count). The summed E-state index contributed by atoms with van der Waals surface area (Å²) in [6, 6.07) is 7.29. The summed E-state index contributed by atoms with van der Waals surface area (Å²) in [6.07, 6.45) is 2.39. The Balaban J connectivity index is 1.85. The summed E-state index contributed by atoms with van der Waals surface area (Å²) in [5.41, 5.74) is 0.669. The molecule has 86 valence electrons. The number of amides is 1. The minimum Gasteiger partial charge on any atom is -0.351 e. The highest BCUT2D eigenvalue weighted by Crippen LogP contribution is 2.35. The van der Waals surface area contributed by atoms with Gasteiger partial charge >= 0.3 is 0 Å². The predicted molar refractivity (Wildman–Crippen MR) is 68.8 cm³/mol. The first-order valence-corrected chi connectivity index (χ1v) is 6.57. The van der Waals surface area contributed by atoms with Crippen molar-refractivity contribution in [3.05, 3.63) is 34.3 Å². The van der Waals surface area contributed by atoms with Gasteiger partial charge in [-0.15, -0.1) is 11.6 Å². The lowest BCUT2D eigenvalue weighted by molar-refractivity contribution is 0.0953. The molecule has 0 saturated heterocycles. The monoisotopic (exact) mass is 301 g/mol. The van der Waals surface area contributed by atoms with Crippen molar-refractivity contribution in [2.75, 3.05) is 6.54 Å². The van der Waals surface area contributed by atoms with Crippen molar-refractivity contribution in [3.8, 4) is 0 Å². The lowest BCUT2D eigenvalue weighted by Crippen LogP contribution is -2.30. The number of nitrogens with one attached hydrogen (secondary N) is 1. The van der Waals surface area contributed by atoms with Crippen molar-refractivity contribution in [1.29, 1.82) is 0 Å². The molecule has 1 aliphatic rings. The van der Waals surface area contributed by atoms with Crippen LogP contribution in [0.5, 0.6) is 0 Å². The molecule has 1 atom stereocenters. The van der Waals surface area contributed by atoms with Gasteiger partial charge in [0.2, 0.25) is 0 Å². The molecule has 1 fully saturated rings. The van der Waals surface area contributed by atoms with Crippen LogP contribution in [0.1, 0.15) is 23.2 Å². The second-order valence-electron chi connectivity index (χ2n) is 4.07. The maximum absolute atomic E-state index is 11.7. The van der Waals surface area contributed by atoms with E-state index in [2.05, 4.69) is 21.2 Å². The number of benzene rings is 1. The first-order valence-electron chi connectivity index (χ1n) is 5.34. The van der Waals surface area contributed by atoms with Gasteiger partial charge in [-0.1, -0.05) is 15.9 Å². The van der Waals surface area contributed by atoms with Crippen molar-refractivity contribution in [2.24, 2.45) is 5.92 Å². The van der Waals surface area contributed by atoms with E-state index in [0.29, 0.717) is 18.0 Å². The molecule has 0 heterocycles. The Morgan fingerprint density at radius 3 is 2.62 bits per heavy atom. The molecule has 0 spiro atoms. The minimum atomic E-state index is -0.0567. The molecule has 0 bridgehead atoms. The fourth-order valence-corrected chi connectivity index (χ4v) is 2.11. The largest absolute Gasteiger partial charge is 0.351 e. The van der Waals surface area contributed by atoms with Crippen LogP contribution in [0.2, 0.25) is 0 Å². The SMILES string of the molecule is O=C(NCC(Cl)C1CC1)c1ccc(Br)cc1. The summed E-state index contributed by atoms with van der Waals surface area (Å²) in [5, 5.41) is 2.94. The highest BCUT2D eigenvalue weighted by atomic mass is 79.9. The Kier molecular flexibility index (Phi) is 3.87. The highest BCUT2D eigenvalue weighted by molar-refractivity contribution is 9.10. The van der Waals surface area contributed by atoms with Gasteiger partial charge in [0, 0.05) is 16.6 Å². The molecule has 16 heavy (non-hydrogen) atoms. The van der Waals surface area contributed by atoms with Gasteiger partial charge in [0.05, 0.1) is 5.38 Å². The highest BCUT2D eigenvalue weighted by Gasteiger charge is 2.29. The Bertz CT molecular complexity index is 375. The lowest BCUT2D eigenvalue weighted by Gasteiger charge is -2.09. The van der Waals surface area contributed by atoms with Gasteiger partial charge in [-0.3, -0.25) is 4.79 Å². The summed E-state index contributed by atoms with van der Waals surface area (Å²) >= 11 is 9.44. The Morgan fingerprint density at radius 1 is 1.44 bits per heavy atom. The molecule has 0 aromatic heterocycles. The normalized spacial score (nSPS) is 16.9. The molecule has 1 unspecified atom stereocenters. The number of hydrogen-bond acceptors (Lipinski definition) is 1. The smallest absolute Gasteiger partial charge is 0.251 e. The lowest BCUT2D eigenvalue weighted by atomic mass is 10.2. The summed E-state index contributed by atoms with van der Waals surface area (Å²) in [4.78, 5) is 11.7. The van der Waals surface area contributed by atoms with E-state index in [1.807, 2.05) is 12.1 Å². The van der Waals surface area contributed by atoms with Gasteiger partial charge in [-0.25, -0.2) is 0 Å². The number of halogens is 2. The molecule has 2 nitrogen and oxygen atoms in total. The third-order valence-corrected chi connectivity index (χ3v) is 3.74. The standard InChI is InChI=1S/C12H13BrClNO/c13-10-5-3-9(4-6-10)12(16)15-7-11(14)8-1-2-8/h3-6,8,11H,1-2,7H2,(H,15,16). The van der Waals surface area contributed by atoms with Crippen LogP contribution in [0.25, 0.3) is 0 Å². The number of rotatable bonds is 4. The van der Waals surface area contributed by atoms with E-state index >= 15 is 0 Å². The molecule has 1 saturated carbocycles. The number of hydrogen-bond donors (Lipinski definition) is 1. The van der Waals surface area contributed by atoms with E-state index in [-0.39, 0.29) is 11.3 Å². The summed E-state index contributed by atoms with van der Waals surface area (Å²) in [7, 11) is 0. The molecular formula is C12H13BrClNO. The Labute approximate surface area is 108 Å². The van der Waals surface area contributed by atoms with Crippen LogP contribution in [0.4, 0.5) is 0 Å². The van der Waals surface area contributed by atoms with Gasteiger partial charge in [-0.2, -0.15) is 0 Å². The summed E-state index contributed by atoms with van der Waals surface area (Å²) < 4.78 is 0.970. The van der Waals surface area contributed by atoms with Gasteiger partial charge < -0.3 is 5.32 Å². The average Bonchev–Trinajstić information content (AvgIpc) is 3.10. The predicted octanol–water partition coefficient (Wildman–Crippen LogP) is 3.20. The zero-order valence-corrected chi connectivity index (χ0v) is 11.1. The second-order valence-corrected chi connectivity index (χ2v) is 5.55. The molecule has 0 radical (unpaired) electrons. The zero-order valence-electron chi connectivity index (χ0n) is 8.75. The maximum Gasteiger partial charge on any atom is 0.251 e. The fourth-order valence-electron chi connectivity index (χ4n) is 1.52. The fraction of sp³-hybridized carbons (Fsp3) is 0.417. The van der Waals surface area contributed by atoms with E-state index in [9.17, 15) is 4.79 Å².